The molecule has 3 rings (SSSR count). The zero-order valence-electron chi connectivity index (χ0n) is 14.7. The first-order chi connectivity index (χ1) is 11.9. The third-order valence-corrected chi connectivity index (χ3v) is 4.98. The lowest BCUT2D eigenvalue weighted by Crippen LogP contribution is -2.47. The lowest BCUT2D eigenvalue weighted by molar-refractivity contribution is -0.386. The molecule has 0 spiro atoms. The first-order valence-corrected chi connectivity index (χ1v) is 8.66. The van der Waals surface area contributed by atoms with E-state index in [0.29, 0.717) is 18.1 Å². The number of anilines is 1. The number of aromatic nitrogens is 2. The summed E-state index contributed by atoms with van der Waals surface area (Å²) in [5.74, 6) is 0. The average molecular weight is 364 g/mol. The van der Waals surface area contributed by atoms with Crippen molar-refractivity contribution in [1.29, 1.82) is 0 Å². The van der Waals surface area contributed by atoms with E-state index in [9.17, 15) is 10.1 Å². The lowest BCUT2D eigenvalue weighted by Gasteiger charge is -2.36. The van der Waals surface area contributed by atoms with Gasteiger partial charge >= 0.3 is 5.69 Å². The van der Waals surface area contributed by atoms with Crippen LogP contribution in [-0.2, 0) is 6.67 Å². The molecule has 0 atom stereocenters. The Morgan fingerprint density at radius 3 is 2.48 bits per heavy atom. The van der Waals surface area contributed by atoms with Crippen LogP contribution in [0.5, 0.6) is 0 Å². The molecule has 0 radical (unpaired) electrons. The fraction of sp³-hybridized carbons (Fsp3) is 0.471. The first kappa shape index (κ1) is 17.7. The summed E-state index contributed by atoms with van der Waals surface area (Å²) < 4.78 is 1.73. The summed E-state index contributed by atoms with van der Waals surface area (Å²) in [6, 6.07) is 5.96. The van der Waals surface area contributed by atoms with Crippen molar-refractivity contribution in [2.45, 2.75) is 27.4 Å². The van der Waals surface area contributed by atoms with E-state index < -0.39 is 0 Å². The molecule has 0 bridgehead atoms. The van der Waals surface area contributed by atoms with Crippen molar-refractivity contribution >= 4 is 23.0 Å². The van der Waals surface area contributed by atoms with Crippen molar-refractivity contribution in [1.82, 2.24) is 14.7 Å². The standard InChI is InChI=1S/C17H22ClN5O2/c1-12-4-5-15(18)10-16(12)21-8-6-20(7-9-21)11-22-14(3)17(23(24)25)13(2)19-22/h4-5,10H,6-9,11H2,1-3H3. The molecule has 1 aromatic carbocycles. The average Bonchev–Trinajstić information content (AvgIpc) is 2.84. The second-order valence-corrected chi connectivity index (χ2v) is 6.89. The Balaban J connectivity index is 1.66. The van der Waals surface area contributed by atoms with Crippen LogP contribution in [0.4, 0.5) is 11.4 Å². The van der Waals surface area contributed by atoms with E-state index in [1.165, 1.54) is 11.3 Å². The number of nitro groups is 1. The van der Waals surface area contributed by atoms with Crippen LogP contribution in [0.25, 0.3) is 0 Å². The quantitative estimate of drug-likeness (QED) is 0.616. The van der Waals surface area contributed by atoms with Crippen LogP contribution in [0.3, 0.4) is 0 Å². The monoisotopic (exact) mass is 363 g/mol. The second-order valence-electron chi connectivity index (χ2n) is 6.45. The molecule has 1 aliphatic heterocycles. The summed E-state index contributed by atoms with van der Waals surface area (Å²) in [6.45, 7) is 9.63. The number of hydrogen-bond acceptors (Lipinski definition) is 5. The van der Waals surface area contributed by atoms with Gasteiger partial charge in [-0.25, -0.2) is 4.68 Å². The third kappa shape index (κ3) is 3.62. The summed E-state index contributed by atoms with van der Waals surface area (Å²) >= 11 is 6.13. The van der Waals surface area contributed by atoms with E-state index >= 15 is 0 Å². The number of halogens is 1. The molecule has 25 heavy (non-hydrogen) atoms. The molecule has 1 aliphatic rings. The smallest absolute Gasteiger partial charge is 0.312 e. The molecule has 2 aromatic rings. The highest BCUT2D eigenvalue weighted by atomic mass is 35.5. The molecule has 0 saturated carbocycles. The Labute approximate surface area is 151 Å². The highest BCUT2D eigenvalue weighted by Gasteiger charge is 2.24. The summed E-state index contributed by atoms with van der Waals surface area (Å²) in [6.07, 6.45) is 0. The van der Waals surface area contributed by atoms with Crippen molar-refractivity contribution in [2.24, 2.45) is 0 Å². The van der Waals surface area contributed by atoms with Gasteiger partial charge in [0.05, 0.1) is 11.6 Å². The van der Waals surface area contributed by atoms with Gasteiger partial charge in [0.25, 0.3) is 0 Å². The van der Waals surface area contributed by atoms with Crippen LogP contribution in [0.15, 0.2) is 18.2 Å². The SMILES string of the molecule is Cc1ccc(Cl)cc1N1CCN(Cn2nc(C)c([N+](=O)[O-])c2C)CC1. The maximum atomic E-state index is 11.1. The fourth-order valence-corrected chi connectivity index (χ4v) is 3.50. The van der Waals surface area contributed by atoms with Crippen LogP contribution >= 0.6 is 11.6 Å². The Morgan fingerprint density at radius 1 is 1.20 bits per heavy atom. The molecule has 134 valence electrons. The van der Waals surface area contributed by atoms with Gasteiger partial charge in [0.2, 0.25) is 0 Å². The Morgan fingerprint density at radius 2 is 1.88 bits per heavy atom. The molecular formula is C17H22ClN5O2. The zero-order valence-corrected chi connectivity index (χ0v) is 15.5. The summed E-state index contributed by atoms with van der Waals surface area (Å²) in [5, 5.41) is 16.2. The van der Waals surface area contributed by atoms with E-state index in [1.54, 1.807) is 18.5 Å². The zero-order chi connectivity index (χ0) is 18.1. The van der Waals surface area contributed by atoms with Crippen molar-refractivity contribution < 1.29 is 4.92 Å². The van der Waals surface area contributed by atoms with Crippen LogP contribution in [0.1, 0.15) is 17.0 Å². The number of rotatable bonds is 4. The molecule has 7 nitrogen and oxygen atoms in total. The molecular weight excluding hydrogens is 342 g/mol. The molecule has 0 amide bonds. The number of benzene rings is 1. The fourth-order valence-electron chi connectivity index (χ4n) is 3.33. The van der Waals surface area contributed by atoms with Gasteiger partial charge in [-0.05, 0) is 38.5 Å². The second kappa shape index (κ2) is 7.01. The molecule has 1 aromatic heterocycles. The summed E-state index contributed by atoms with van der Waals surface area (Å²) in [7, 11) is 0. The van der Waals surface area contributed by atoms with E-state index in [1.807, 2.05) is 18.2 Å². The number of hydrogen-bond donors (Lipinski definition) is 0. The molecule has 0 aliphatic carbocycles. The van der Waals surface area contributed by atoms with Crippen molar-refractivity contribution in [3.05, 3.63) is 50.3 Å². The van der Waals surface area contributed by atoms with Gasteiger partial charge in [-0.3, -0.25) is 15.0 Å². The topological polar surface area (TPSA) is 67.4 Å². The van der Waals surface area contributed by atoms with Gasteiger partial charge in [0.1, 0.15) is 11.4 Å². The minimum Gasteiger partial charge on any atom is -0.369 e. The van der Waals surface area contributed by atoms with Crippen LogP contribution < -0.4 is 4.90 Å². The van der Waals surface area contributed by atoms with Crippen LogP contribution in [0, 0.1) is 30.9 Å². The molecule has 1 saturated heterocycles. The highest BCUT2D eigenvalue weighted by Crippen LogP contribution is 2.26. The van der Waals surface area contributed by atoms with Gasteiger partial charge in [-0.1, -0.05) is 17.7 Å². The number of aryl methyl sites for hydroxylation is 2. The predicted octanol–water partition coefficient (Wildman–Crippen LogP) is 3.15. The molecule has 0 N–H and O–H groups in total. The third-order valence-electron chi connectivity index (χ3n) is 4.74. The Kier molecular flexibility index (Phi) is 4.96. The maximum Gasteiger partial charge on any atom is 0.312 e. The van der Waals surface area contributed by atoms with Crippen molar-refractivity contribution in [3.63, 3.8) is 0 Å². The highest BCUT2D eigenvalue weighted by molar-refractivity contribution is 6.30. The van der Waals surface area contributed by atoms with Crippen LogP contribution in [-0.4, -0.2) is 45.8 Å². The van der Waals surface area contributed by atoms with Gasteiger partial charge in [-0.2, -0.15) is 5.10 Å². The van der Waals surface area contributed by atoms with Crippen molar-refractivity contribution in [3.8, 4) is 0 Å². The van der Waals surface area contributed by atoms with Crippen molar-refractivity contribution in [2.75, 3.05) is 31.1 Å². The largest absolute Gasteiger partial charge is 0.369 e. The minimum absolute atomic E-state index is 0.119. The molecule has 0 unspecified atom stereocenters. The Bertz CT molecular complexity index is 797. The summed E-state index contributed by atoms with van der Waals surface area (Å²) in [5.41, 5.74) is 3.58. The van der Waals surface area contributed by atoms with E-state index in [-0.39, 0.29) is 10.6 Å². The molecule has 2 heterocycles. The number of nitrogens with zero attached hydrogens (tertiary/aromatic N) is 5. The van der Waals surface area contributed by atoms with Gasteiger partial charge < -0.3 is 4.90 Å². The summed E-state index contributed by atoms with van der Waals surface area (Å²) in [4.78, 5) is 15.4. The van der Waals surface area contributed by atoms with E-state index in [2.05, 4.69) is 21.8 Å². The molecule has 1 fully saturated rings. The predicted molar refractivity (Wildman–Crippen MR) is 98.3 cm³/mol. The van der Waals surface area contributed by atoms with Gasteiger partial charge in [0, 0.05) is 36.9 Å². The first-order valence-electron chi connectivity index (χ1n) is 8.28. The lowest BCUT2D eigenvalue weighted by atomic mass is 10.1. The van der Waals surface area contributed by atoms with E-state index in [0.717, 1.165) is 31.2 Å². The van der Waals surface area contributed by atoms with Gasteiger partial charge in [-0.15, -0.1) is 0 Å². The minimum atomic E-state index is -0.353. The number of piperazine rings is 1. The van der Waals surface area contributed by atoms with Crippen LogP contribution in [0.2, 0.25) is 5.02 Å². The van der Waals surface area contributed by atoms with Gasteiger partial charge in [0.15, 0.2) is 0 Å². The normalized spacial score (nSPS) is 15.6. The molecule has 8 heteroatoms. The Hall–Kier alpha value is -2.12. The maximum absolute atomic E-state index is 11.1. The van der Waals surface area contributed by atoms with E-state index in [4.69, 9.17) is 11.6 Å².